The van der Waals surface area contributed by atoms with Crippen LogP contribution in [0.25, 0.3) is 0 Å². The fraction of sp³-hybridized carbons (Fsp3) is 0.467. The molecule has 0 saturated heterocycles. The van der Waals surface area contributed by atoms with Gasteiger partial charge in [0.2, 0.25) is 0 Å². The van der Waals surface area contributed by atoms with E-state index in [0.717, 1.165) is 37.7 Å². The monoisotopic (exact) mass is 257 g/mol. The van der Waals surface area contributed by atoms with Crippen molar-refractivity contribution in [2.24, 2.45) is 0 Å². The first-order valence-electron chi connectivity index (χ1n) is 6.66. The van der Waals surface area contributed by atoms with Crippen LogP contribution in [0, 0.1) is 18.3 Å². The Hall–Kier alpha value is -2.02. The number of carbonyl (C=O) groups excluding carboxylic acids is 1. The minimum atomic E-state index is -0.690. The number of anilines is 1. The zero-order valence-corrected chi connectivity index (χ0v) is 11.2. The summed E-state index contributed by atoms with van der Waals surface area (Å²) >= 11 is 0. The molecule has 0 unspecified atom stereocenters. The van der Waals surface area contributed by atoms with Crippen molar-refractivity contribution in [1.29, 1.82) is 5.26 Å². The number of nitrogens with two attached hydrogens (primary N) is 1. The summed E-state index contributed by atoms with van der Waals surface area (Å²) in [7, 11) is 0. The van der Waals surface area contributed by atoms with Gasteiger partial charge < -0.3 is 11.1 Å². The van der Waals surface area contributed by atoms with Gasteiger partial charge in [0.15, 0.2) is 0 Å². The van der Waals surface area contributed by atoms with Crippen LogP contribution in [0.5, 0.6) is 0 Å². The van der Waals surface area contributed by atoms with Gasteiger partial charge in [0, 0.05) is 11.3 Å². The van der Waals surface area contributed by atoms with Crippen molar-refractivity contribution in [3.63, 3.8) is 0 Å². The third-order valence-electron chi connectivity index (χ3n) is 3.81. The zero-order chi connectivity index (χ0) is 13.9. The van der Waals surface area contributed by atoms with Gasteiger partial charge in [-0.25, -0.2) is 0 Å². The SMILES string of the molecule is Cc1cc(C(=O)NC2(C#N)CCCCC2)ccc1N. The molecule has 100 valence electrons. The molecule has 1 amide bonds. The number of benzene rings is 1. The number of hydrogen-bond donors (Lipinski definition) is 2. The highest BCUT2D eigenvalue weighted by molar-refractivity contribution is 5.95. The van der Waals surface area contributed by atoms with E-state index in [9.17, 15) is 10.1 Å². The van der Waals surface area contributed by atoms with E-state index in [2.05, 4.69) is 11.4 Å². The number of amides is 1. The number of nitrogen functional groups attached to an aromatic ring is 1. The molecule has 0 aromatic heterocycles. The van der Waals surface area contributed by atoms with Crippen molar-refractivity contribution in [2.45, 2.75) is 44.6 Å². The van der Waals surface area contributed by atoms with Crippen LogP contribution in [0.1, 0.15) is 48.0 Å². The molecular formula is C15H19N3O. The van der Waals surface area contributed by atoms with Crippen molar-refractivity contribution in [1.82, 2.24) is 5.32 Å². The van der Waals surface area contributed by atoms with Crippen LogP contribution < -0.4 is 11.1 Å². The third-order valence-corrected chi connectivity index (χ3v) is 3.81. The molecule has 4 nitrogen and oxygen atoms in total. The van der Waals surface area contributed by atoms with Crippen molar-refractivity contribution >= 4 is 11.6 Å². The number of rotatable bonds is 2. The van der Waals surface area contributed by atoms with E-state index in [1.54, 1.807) is 18.2 Å². The fourth-order valence-corrected chi connectivity index (χ4v) is 2.53. The molecule has 0 radical (unpaired) electrons. The maximum Gasteiger partial charge on any atom is 0.252 e. The number of nitrogens with zero attached hydrogens (tertiary/aromatic N) is 1. The highest BCUT2D eigenvalue weighted by atomic mass is 16.1. The molecule has 1 aliphatic rings. The summed E-state index contributed by atoms with van der Waals surface area (Å²) in [6, 6.07) is 7.48. The average molecular weight is 257 g/mol. The van der Waals surface area contributed by atoms with Crippen LogP contribution >= 0.6 is 0 Å². The smallest absolute Gasteiger partial charge is 0.252 e. The number of carbonyl (C=O) groups is 1. The molecule has 1 aromatic carbocycles. The highest BCUT2D eigenvalue weighted by Crippen LogP contribution is 2.28. The number of nitriles is 1. The first-order valence-corrected chi connectivity index (χ1v) is 6.66. The topological polar surface area (TPSA) is 78.9 Å². The molecule has 0 aliphatic heterocycles. The Bertz CT molecular complexity index is 525. The molecule has 0 heterocycles. The second-order valence-electron chi connectivity index (χ2n) is 5.28. The van der Waals surface area contributed by atoms with E-state index in [-0.39, 0.29) is 5.91 Å². The molecule has 1 aromatic rings. The highest BCUT2D eigenvalue weighted by Gasteiger charge is 2.33. The number of aryl methyl sites for hydroxylation is 1. The van der Waals surface area contributed by atoms with Crippen molar-refractivity contribution in [3.05, 3.63) is 29.3 Å². The van der Waals surface area contributed by atoms with Gasteiger partial charge in [-0.3, -0.25) is 4.79 Å². The van der Waals surface area contributed by atoms with E-state index < -0.39 is 5.54 Å². The normalized spacial score (nSPS) is 17.5. The minimum absolute atomic E-state index is 0.188. The van der Waals surface area contributed by atoms with E-state index in [1.807, 2.05) is 6.92 Å². The summed E-state index contributed by atoms with van der Waals surface area (Å²) in [6.07, 6.45) is 4.61. The Morgan fingerprint density at radius 2 is 2.05 bits per heavy atom. The summed E-state index contributed by atoms with van der Waals surface area (Å²) in [6.45, 7) is 1.87. The zero-order valence-electron chi connectivity index (χ0n) is 11.2. The lowest BCUT2D eigenvalue weighted by Gasteiger charge is -2.31. The second kappa shape index (κ2) is 5.31. The van der Waals surface area contributed by atoms with Crippen LogP contribution in [0.4, 0.5) is 5.69 Å². The minimum Gasteiger partial charge on any atom is -0.399 e. The predicted molar refractivity (Wildman–Crippen MR) is 74.5 cm³/mol. The molecule has 0 bridgehead atoms. The Kier molecular flexibility index (Phi) is 3.75. The van der Waals surface area contributed by atoms with Crippen molar-refractivity contribution in [2.75, 3.05) is 5.73 Å². The van der Waals surface area contributed by atoms with Crippen molar-refractivity contribution < 1.29 is 4.79 Å². The van der Waals surface area contributed by atoms with Gasteiger partial charge >= 0.3 is 0 Å². The lowest BCUT2D eigenvalue weighted by molar-refractivity contribution is 0.0902. The second-order valence-corrected chi connectivity index (χ2v) is 5.28. The summed E-state index contributed by atoms with van der Waals surface area (Å²) in [5, 5.41) is 12.3. The first kappa shape index (κ1) is 13.4. The third kappa shape index (κ3) is 2.87. The van der Waals surface area contributed by atoms with Crippen LogP contribution in [0.2, 0.25) is 0 Å². The summed E-state index contributed by atoms with van der Waals surface area (Å²) in [5.41, 5.74) is 7.16. The molecule has 1 saturated carbocycles. The average Bonchev–Trinajstić information content (AvgIpc) is 2.43. The van der Waals surface area contributed by atoms with E-state index >= 15 is 0 Å². The van der Waals surface area contributed by atoms with Crippen LogP contribution in [0.15, 0.2) is 18.2 Å². The standard InChI is InChI=1S/C15H19N3O/c1-11-9-12(5-6-13(11)17)14(19)18-15(10-16)7-3-2-4-8-15/h5-6,9H,2-4,7-8,17H2,1H3,(H,18,19). The first-order chi connectivity index (χ1) is 9.06. The van der Waals surface area contributed by atoms with Gasteiger partial charge in [-0.05, 0) is 43.5 Å². The Balaban J connectivity index is 2.15. The van der Waals surface area contributed by atoms with Crippen molar-refractivity contribution in [3.8, 4) is 6.07 Å². The molecule has 19 heavy (non-hydrogen) atoms. The Morgan fingerprint density at radius 1 is 1.37 bits per heavy atom. The van der Waals surface area contributed by atoms with Gasteiger partial charge in [0.05, 0.1) is 6.07 Å². The van der Waals surface area contributed by atoms with E-state index in [1.165, 1.54) is 0 Å². The fourth-order valence-electron chi connectivity index (χ4n) is 2.53. The molecule has 4 heteroatoms. The molecular weight excluding hydrogens is 238 g/mol. The summed E-state index contributed by atoms with van der Waals surface area (Å²) < 4.78 is 0. The number of hydrogen-bond acceptors (Lipinski definition) is 3. The quantitative estimate of drug-likeness (QED) is 0.799. The van der Waals surface area contributed by atoms with Gasteiger partial charge in [0.25, 0.3) is 5.91 Å². The van der Waals surface area contributed by atoms with Gasteiger partial charge in [-0.2, -0.15) is 5.26 Å². The molecule has 1 fully saturated rings. The molecule has 0 atom stereocenters. The molecule has 2 rings (SSSR count). The van der Waals surface area contributed by atoms with E-state index in [4.69, 9.17) is 5.73 Å². The van der Waals surface area contributed by atoms with Crippen LogP contribution in [0.3, 0.4) is 0 Å². The lowest BCUT2D eigenvalue weighted by atomic mass is 9.82. The Morgan fingerprint density at radius 3 is 2.63 bits per heavy atom. The van der Waals surface area contributed by atoms with Crippen LogP contribution in [-0.2, 0) is 0 Å². The van der Waals surface area contributed by atoms with Crippen LogP contribution in [-0.4, -0.2) is 11.4 Å². The largest absolute Gasteiger partial charge is 0.399 e. The predicted octanol–water partition coefficient (Wildman–Crippen LogP) is 2.53. The summed E-state index contributed by atoms with van der Waals surface area (Å²) in [5.74, 6) is -0.188. The van der Waals surface area contributed by atoms with Gasteiger partial charge in [-0.1, -0.05) is 19.3 Å². The molecule has 0 spiro atoms. The maximum atomic E-state index is 12.2. The maximum absolute atomic E-state index is 12.2. The number of nitrogens with one attached hydrogen (secondary N) is 1. The Labute approximate surface area is 113 Å². The summed E-state index contributed by atoms with van der Waals surface area (Å²) in [4.78, 5) is 12.2. The lowest BCUT2D eigenvalue weighted by Crippen LogP contribution is -2.48. The molecule has 1 aliphatic carbocycles. The van der Waals surface area contributed by atoms with Gasteiger partial charge in [0.1, 0.15) is 5.54 Å². The van der Waals surface area contributed by atoms with Gasteiger partial charge in [-0.15, -0.1) is 0 Å². The van der Waals surface area contributed by atoms with E-state index in [0.29, 0.717) is 11.3 Å². The molecule has 3 N–H and O–H groups in total.